The van der Waals surface area contributed by atoms with Crippen LogP contribution in [0, 0.1) is 10.1 Å². The van der Waals surface area contributed by atoms with Crippen LogP contribution >= 0.6 is 0 Å². The second-order valence-corrected chi connectivity index (χ2v) is 4.36. The Hall–Kier alpha value is -1.66. The molecule has 0 bridgehead atoms. The maximum absolute atomic E-state index is 10.9. The molecule has 1 rings (SSSR count). The summed E-state index contributed by atoms with van der Waals surface area (Å²) in [5.74, 6) is 0.283. The summed E-state index contributed by atoms with van der Waals surface area (Å²) in [5.41, 5.74) is 0.914. The van der Waals surface area contributed by atoms with Gasteiger partial charge in [0.2, 0.25) is 0 Å². The fraction of sp³-hybridized carbons (Fsp3) is 0.538. The summed E-state index contributed by atoms with van der Waals surface area (Å²) < 4.78 is 10.8. The third-order valence-corrected chi connectivity index (χ3v) is 2.39. The Morgan fingerprint density at radius 3 is 2.68 bits per heavy atom. The molecule has 6 nitrogen and oxygen atoms in total. The molecule has 0 aromatic heterocycles. The molecule has 106 valence electrons. The van der Waals surface area contributed by atoms with Crippen LogP contribution in [-0.4, -0.2) is 31.3 Å². The summed E-state index contributed by atoms with van der Waals surface area (Å²) in [6, 6.07) is 4.86. The topological polar surface area (TPSA) is 73.6 Å². The van der Waals surface area contributed by atoms with E-state index in [1.54, 1.807) is 12.1 Å². The van der Waals surface area contributed by atoms with Gasteiger partial charge in [-0.25, -0.2) is 0 Å². The predicted octanol–water partition coefficient (Wildman–Crippen LogP) is 2.12. The SMILES string of the molecule is CNCc1ccc([N+](=O)[O-])c(OCCOC(C)C)c1. The normalized spacial score (nSPS) is 10.7. The third-order valence-electron chi connectivity index (χ3n) is 2.39. The first-order chi connectivity index (χ1) is 9.04. The molecule has 0 amide bonds. The van der Waals surface area contributed by atoms with Gasteiger partial charge < -0.3 is 14.8 Å². The fourth-order valence-electron chi connectivity index (χ4n) is 1.57. The lowest BCUT2D eigenvalue weighted by molar-refractivity contribution is -0.385. The molecule has 19 heavy (non-hydrogen) atoms. The number of nitrogens with zero attached hydrogens (tertiary/aromatic N) is 1. The molecule has 0 spiro atoms. The quantitative estimate of drug-likeness (QED) is 0.444. The van der Waals surface area contributed by atoms with Gasteiger partial charge in [0.15, 0.2) is 5.75 Å². The summed E-state index contributed by atoms with van der Waals surface area (Å²) in [7, 11) is 1.82. The van der Waals surface area contributed by atoms with Gasteiger partial charge in [-0.3, -0.25) is 10.1 Å². The number of nitro benzene ring substituents is 1. The van der Waals surface area contributed by atoms with Gasteiger partial charge in [0.1, 0.15) is 6.61 Å². The van der Waals surface area contributed by atoms with E-state index in [0.717, 1.165) is 5.56 Å². The monoisotopic (exact) mass is 268 g/mol. The smallest absolute Gasteiger partial charge is 0.310 e. The van der Waals surface area contributed by atoms with Crippen molar-refractivity contribution < 1.29 is 14.4 Å². The van der Waals surface area contributed by atoms with Gasteiger partial charge in [-0.05, 0) is 32.5 Å². The summed E-state index contributed by atoms with van der Waals surface area (Å²) >= 11 is 0. The van der Waals surface area contributed by atoms with Crippen LogP contribution < -0.4 is 10.1 Å². The van der Waals surface area contributed by atoms with E-state index in [2.05, 4.69) is 5.32 Å². The summed E-state index contributed by atoms with van der Waals surface area (Å²) in [6.07, 6.45) is 0.120. The van der Waals surface area contributed by atoms with E-state index in [1.807, 2.05) is 20.9 Å². The fourth-order valence-corrected chi connectivity index (χ4v) is 1.57. The minimum absolute atomic E-state index is 0.0237. The molecule has 1 aromatic rings. The van der Waals surface area contributed by atoms with Gasteiger partial charge in [0.05, 0.1) is 17.6 Å². The van der Waals surface area contributed by atoms with E-state index in [-0.39, 0.29) is 17.5 Å². The van der Waals surface area contributed by atoms with E-state index in [0.29, 0.717) is 19.8 Å². The van der Waals surface area contributed by atoms with Crippen LogP contribution in [0.4, 0.5) is 5.69 Å². The molecule has 0 atom stereocenters. The molecule has 0 fully saturated rings. The second kappa shape index (κ2) is 7.70. The minimum Gasteiger partial charge on any atom is -0.484 e. The molecule has 0 saturated carbocycles. The van der Waals surface area contributed by atoms with Crippen molar-refractivity contribution in [3.8, 4) is 5.75 Å². The molecule has 1 aromatic carbocycles. The number of nitro groups is 1. The van der Waals surface area contributed by atoms with Crippen molar-refractivity contribution in [2.24, 2.45) is 0 Å². The Kier molecular flexibility index (Phi) is 6.24. The van der Waals surface area contributed by atoms with Crippen molar-refractivity contribution in [2.45, 2.75) is 26.5 Å². The third kappa shape index (κ3) is 5.23. The Labute approximate surface area is 112 Å². The number of hydrogen-bond donors (Lipinski definition) is 1. The van der Waals surface area contributed by atoms with E-state index in [9.17, 15) is 10.1 Å². The molecule has 0 unspecified atom stereocenters. The number of hydrogen-bond acceptors (Lipinski definition) is 5. The van der Waals surface area contributed by atoms with Crippen LogP contribution in [0.3, 0.4) is 0 Å². The zero-order valence-corrected chi connectivity index (χ0v) is 11.5. The Balaban J connectivity index is 2.71. The Morgan fingerprint density at radius 1 is 1.37 bits per heavy atom. The highest BCUT2D eigenvalue weighted by atomic mass is 16.6. The molecular weight excluding hydrogens is 248 g/mol. The Morgan fingerprint density at radius 2 is 2.11 bits per heavy atom. The van der Waals surface area contributed by atoms with Crippen molar-refractivity contribution in [1.29, 1.82) is 0 Å². The average Bonchev–Trinajstić information content (AvgIpc) is 2.34. The van der Waals surface area contributed by atoms with Crippen LogP contribution in [-0.2, 0) is 11.3 Å². The summed E-state index contributed by atoms with van der Waals surface area (Å²) in [4.78, 5) is 10.5. The number of ether oxygens (including phenoxy) is 2. The summed E-state index contributed by atoms with van der Waals surface area (Å²) in [5, 5.41) is 13.9. The van der Waals surface area contributed by atoms with Crippen LogP contribution in [0.1, 0.15) is 19.4 Å². The van der Waals surface area contributed by atoms with Crippen LogP contribution in [0.5, 0.6) is 5.75 Å². The van der Waals surface area contributed by atoms with Crippen molar-refractivity contribution >= 4 is 5.69 Å². The van der Waals surface area contributed by atoms with Gasteiger partial charge in [-0.15, -0.1) is 0 Å². The van der Waals surface area contributed by atoms with Crippen molar-refractivity contribution in [1.82, 2.24) is 5.32 Å². The molecule has 0 saturated heterocycles. The molecule has 0 radical (unpaired) electrons. The van der Waals surface area contributed by atoms with E-state index < -0.39 is 4.92 Å². The average molecular weight is 268 g/mol. The number of rotatable bonds is 8. The van der Waals surface area contributed by atoms with Gasteiger partial charge in [-0.2, -0.15) is 0 Å². The molecule has 6 heteroatoms. The van der Waals surface area contributed by atoms with E-state index in [4.69, 9.17) is 9.47 Å². The molecule has 1 N–H and O–H groups in total. The first kappa shape index (κ1) is 15.4. The lowest BCUT2D eigenvalue weighted by atomic mass is 10.2. The molecule has 0 heterocycles. The number of benzene rings is 1. The van der Waals surface area contributed by atoms with Crippen LogP contribution in [0.2, 0.25) is 0 Å². The largest absolute Gasteiger partial charge is 0.484 e. The zero-order valence-electron chi connectivity index (χ0n) is 11.5. The molecule has 0 aliphatic carbocycles. The first-order valence-corrected chi connectivity index (χ1v) is 6.21. The highest BCUT2D eigenvalue weighted by Gasteiger charge is 2.15. The highest BCUT2D eigenvalue weighted by molar-refractivity contribution is 5.48. The molecule has 0 aliphatic rings. The zero-order chi connectivity index (χ0) is 14.3. The standard InChI is InChI=1S/C13H20N2O4/c1-10(2)18-6-7-19-13-8-11(9-14-3)4-5-12(13)15(16)17/h4-5,8,10,14H,6-7,9H2,1-3H3. The van der Waals surface area contributed by atoms with Crippen LogP contribution in [0.15, 0.2) is 18.2 Å². The Bertz CT molecular complexity index is 421. The first-order valence-electron chi connectivity index (χ1n) is 6.21. The highest BCUT2D eigenvalue weighted by Crippen LogP contribution is 2.27. The van der Waals surface area contributed by atoms with E-state index >= 15 is 0 Å². The van der Waals surface area contributed by atoms with Gasteiger partial charge in [0.25, 0.3) is 0 Å². The lowest BCUT2D eigenvalue weighted by Crippen LogP contribution is -2.12. The van der Waals surface area contributed by atoms with Crippen molar-refractivity contribution in [3.05, 3.63) is 33.9 Å². The van der Waals surface area contributed by atoms with E-state index in [1.165, 1.54) is 6.07 Å². The minimum atomic E-state index is -0.443. The van der Waals surface area contributed by atoms with Crippen molar-refractivity contribution in [3.63, 3.8) is 0 Å². The maximum atomic E-state index is 10.9. The van der Waals surface area contributed by atoms with Crippen LogP contribution in [0.25, 0.3) is 0 Å². The summed E-state index contributed by atoms with van der Waals surface area (Å²) in [6.45, 7) is 5.19. The van der Waals surface area contributed by atoms with Gasteiger partial charge in [-0.1, -0.05) is 6.07 Å². The maximum Gasteiger partial charge on any atom is 0.310 e. The van der Waals surface area contributed by atoms with Gasteiger partial charge in [0, 0.05) is 12.6 Å². The molecule has 0 aliphatic heterocycles. The molecular formula is C13H20N2O4. The van der Waals surface area contributed by atoms with Crippen molar-refractivity contribution in [2.75, 3.05) is 20.3 Å². The number of nitrogens with one attached hydrogen (secondary N) is 1. The predicted molar refractivity (Wildman–Crippen MR) is 72.4 cm³/mol. The lowest BCUT2D eigenvalue weighted by Gasteiger charge is -2.10. The second-order valence-electron chi connectivity index (χ2n) is 4.36. The van der Waals surface area contributed by atoms with Gasteiger partial charge >= 0.3 is 5.69 Å².